The van der Waals surface area contributed by atoms with Crippen LogP contribution < -0.4 is 15.4 Å². The van der Waals surface area contributed by atoms with E-state index in [0.29, 0.717) is 23.7 Å². The summed E-state index contributed by atoms with van der Waals surface area (Å²) in [7, 11) is 1.61. The van der Waals surface area contributed by atoms with Crippen molar-refractivity contribution in [3.63, 3.8) is 0 Å². The predicted octanol–water partition coefficient (Wildman–Crippen LogP) is 4.29. The number of pyridine rings is 1. The van der Waals surface area contributed by atoms with Crippen LogP contribution in [-0.4, -0.2) is 18.0 Å². The van der Waals surface area contributed by atoms with Gasteiger partial charge in [-0.25, -0.2) is 0 Å². The minimum Gasteiger partial charge on any atom is -0.496 e. The van der Waals surface area contributed by atoms with Crippen molar-refractivity contribution < 1.29 is 9.53 Å². The van der Waals surface area contributed by atoms with Crippen molar-refractivity contribution in [1.82, 2.24) is 10.3 Å². The van der Waals surface area contributed by atoms with Crippen LogP contribution in [-0.2, 0) is 13.1 Å². The second-order valence-corrected chi connectivity index (χ2v) is 6.31. The van der Waals surface area contributed by atoms with Crippen LogP contribution in [0.25, 0.3) is 0 Å². The molecular weight excluding hydrogens is 362 g/mol. The summed E-state index contributed by atoms with van der Waals surface area (Å²) in [6.07, 6.45) is 3.21. The third-order valence-electron chi connectivity index (χ3n) is 4.07. The van der Waals surface area contributed by atoms with Crippen molar-refractivity contribution in [3.8, 4) is 5.75 Å². The molecule has 27 heavy (non-hydrogen) atoms. The van der Waals surface area contributed by atoms with E-state index in [0.717, 1.165) is 22.6 Å². The second kappa shape index (κ2) is 9.05. The van der Waals surface area contributed by atoms with Crippen LogP contribution in [0.1, 0.15) is 21.5 Å². The number of ether oxygens (including phenoxy) is 1. The molecule has 6 heteroatoms. The quantitative estimate of drug-likeness (QED) is 0.641. The van der Waals surface area contributed by atoms with Gasteiger partial charge >= 0.3 is 0 Å². The van der Waals surface area contributed by atoms with Gasteiger partial charge in [0, 0.05) is 36.1 Å². The highest BCUT2D eigenvalue weighted by Gasteiger charge is 2.09. The monoisotopic (exact) mass is 381 g/mol. The highest BCUT2D eigenvalue weighted by atomic mass is 35.5. The Hall–Kier alpha value is -3.05. The maximum absolute atomic E-state index is 12.5. The Labute approximate surface area is 163 Å². The van der Waals surface area contributed by atoms with Gasteiger partial charge in [0.15, 0.2) is 0 Å². The molecule has 0 aliphatic carbocycles. The summed E-state index contributed by atoms with van der Waals surface area (Å²) >= 11 is 6.17. The molecule has 0 bridgehead atoms. The average molecular weight is 382 g/mol. The second-order valence-electron chi connectivity index (χ2n) is 5.90. The molecule has 0 radical (unpaired) electrons. The maximum Gasteiger partial charge on any atom is 0.253 e. The van der Waals surface area contributed by atoms with Crippen molar-refractivity contribution >= 4 is 23.2 Å². The highest BCUT2D eigenvalue weighted by molar-refractivity contribution is 6.31. The summed E-state index contributed by atoms with van der Waals surface area (Å²) in [4.78, 5) is 16.6. The first-order chi connectivity index (χ1) is 13.2. The number of methoxy groups -OCH3 is 1. The molecule has 1 heterocycles. The minimum absolute atomic E-state index is 0.199. The van der Waals surface area contributed by atoms with Gasteiger partial charge in [0.05, 0.1) is 18.4 Å². The summed E-state index contributed by atoms with van der Waals surface area (Å²) in [5.41, 5.74) is 3.12. The Kier molecular flexibility index (Phi) is 6.28. The molecule has 3 aromatic rings. The smallest absolute Gasteiger partial charge is 0.253 e. The fourth-order valence-corrected chi connectivity index (χ4v) is 2.83. The molecule has 0 spiro atoms. The Morgan fingerprint density at radius 3 is 2.56 bits per heavy atom. The number of carbonyl (C=O) groups excluding carboxylic acids is 1. The van der Waals surface area contributed by atoms with Crippen LogP contribution in [0.3, 0.4) is 0 Å². The SMILES string of the molecule is COc1ccccc1CNC(=O)c1cncc(NCc2ccccc2Cl)c1. The van der Waals surface area contributed by atoms with Gasteiger partial charge in [0.2, 0.25) is 0 Å². The van der Waals surface area contributed by atoms with Crippen molar-refractivity contribution in [1.29, 1.82) is 0 Å². The first kappa shape index (κ1) is 18.7. The normalized spacial score (nSPS) is 10.3. The standard InChI is InChI=1S/C21H20ClN3O2/c1-27-20-9-5-3-7-16(20)13-25-21(26)17-10-18(14-23-11-17)24-12-15-6-2-4-8-19(15)22/h2-11,14,24H,12-13H2,1H3,(H,25,26). The molecule has 0 saturated heterocycles. The number of nitrogens with one attached hydrogen (secondary N) is 2. The van der Waals surface area contributed by atoms with E-state index in [1.54, 1.807) is 19.4 Å². The molecule has 1 aromatic heterocycles. The molecule has 1 amide bonds. The van der Waals surface area contributed by atoms with Crippen LogP contribution in [0.15, 0.2) is 67.0 Å². The molecule has 0 unspecified atom stereocenters. The molecule has 3 rings (SSSR count). The average Bonchev–Trinajstić information content (AvgIpc) is 2.72. The van der Waals surface area contributed by atoms with E-state index in [1.807, 2.05) is 48.5 Å². The van der Waals surface area contributed by atoms with Crippen LogP contribution in [0.5, 0.6) is 5.75 Å². The molecule has 138 valence electrons. The first-order valence-corrected chi connectivity index (χ1v) is 8.87. The van der Waals surface area contributed by atoms with Crippen molar-refractivity contribution in [2.75, 3.05) is 12.4 Å². The summed E-state index contributed by atoms with van der Waals surface area (Å²) in [5.74, 6) is 0.542. The van der Waals surface area contributed by atoms with Gasteiger partial charge in [-0.1, -0.05) is 48.0 Å². The first-order valence-electron chi connectivity index (χ1n) is 8.50. The van der Waals surface area contributed by atoms with E-state index in [4.69, 9.17) is 16.3 Å². The molecule has 0 aliphatic heterocycles. The van der Waals surface area contributed by atoms with Crippen molar-refractivity contribution in [3.05, 3.63) is 88.7 Å². The van der Waals surface area contributed by atoms with Gasteiger partial charge in [-0.05, 0) is 23.8 Å². The molecule has 0 saturated carbocycles. The lowest BCUT2D eigenvalue weighted by molar-refractivity contribution is 0.0950. The highest BCUT2D eigenvalue weighted by Crippen LogP contribution is 2.18. The number of halogens is 1. The number of hydrogen-bond acceptors (Lipinski definition) is 4. The van der Waals surface area contributed by atoms with Gasteiger partial charge in [0.25, 0.3) is 5.91 Å². The zero-order chi connectivity index (χ0) is 19.1. The lowest BCUT2D eigenvalue weighted by atomic mass is 10.2. The minimum atomic E-state index is -0.199. The van der Waals surface area contributed by atoms with Gasteiger partial charge in [-0.3, -0.25) is 9.78 Å². The molecule has 0 fully saturated rings. The Morgan fingerprint density at radius 1 is 1.04 bits per heavy atom. The van der Waals surface area contributed by atoms with Crippen molar-refractivity contribution in [2.45, 2.75) is 13.1 Å². The molecule has 2 N–H and O–H groups in total. The van der Waals surface area contributed by atoms with Gasteiger partial charge in [-0.15, -0.1) is 0 Å². The van der Waals surface area contributed by atoms with Gasteiger partial charge in [0.1, 0.15) is 5.75 Å². The third kappa shape index (κ3) is 4.99. The largest absolute Gasteiger partial charge is 0.496 e. The number of nitrogens with zero attached hydrogens (tertiary/aromatic N) is 1. The summed E-state index contributed by atoms with van der Waals surface area (Å²) in [6.45, 7) is 0.924. The Bertz CT molecular complexity index is 931. The number of benzene rings is 2. The fourth-order valence-electron chi connectivity index (χ4n) is 2.63. The molecular formula is C21H20ClN3O2. The van der Waals surface area contributed by atoms with Crippen LogP contribution >= 0.6 is 11.6 Å². The molecule has 5 nitrogen and oxygen atoms in total. The molecule has 0 aliphatic rings. The summed E-state index contributed by atoms with van der Waals surface area (Å²) in [5, 5.41) is 6.83. The fraction of sp³-hybridized carbons (Fsp3) is 0.143. The van der Waals surface area contributed by atoms with Gasteiger partial charge in [-0.2, -0.15) is 0 Å². The van der Waals surface area contributed by atoms with E-state index in [-0.39, 0.29) is 5.91 Å². The number of hydrogen-bond donors (Lipinski definition) is 2. The molecule has 2 aromatic carbocycles. The molecule has 0 atom stereocenters. The lowest BCUT2D eigenvalue weighted by Crippen LogP contribution is -2.23. The van der Waals surface area contributed by atoms with Crippen molar-refractivity contribution in [2.24, 2.45) is 0 Å². The number of amides is 1. The van der Waals surface area contributed by atoms with E-state index in [9.17, 15) is 4.79 Å². The van der Waals surface area contributed by atoms with E-state index in [2.05, 4.69) is 15.6 Å². The van der Waals surface area contributed by atoms with E-state index < -0.39 is 0 Å². The number of aromatic nitrogens is 1. The van der Waals surface area contributed by atoms with Crippen LogP contribution in [0.4, 0.5) is 5.69 Å². The lowest BCUT2D eigenvalue weighted by Gasteiger charge is -2.11. The zero-order valence-corrected chi connectivity index (χ0v) is 15.7. The number of rotatable bonds is 7. The zero-order valence-electron chi connectivity index (χ0n) is 14.9. The predicted molar refractivity (Wildman–Crippen MR) is 107 cm³/mol. The maximum atomic E-state index is 12.5. The van der Waals surface area contributed by atoms with Gasteiger partial charge < -0.3 is 15.4 Å². The summed E-state index contributed by atoms with van der Waals surface area (Å²) in [6, 6.07) is 17.0. The third-order valence-corrected chi connectivity index (χ3v) is 4.44. The topological polar surface area (TPSA) is 63.2 Å². The number of anilines is 1. The van der Waals surface area contributed by atoms with E-state index in [1.165, 1.54) is 6.20 Å². The van der Waals surface area contributed by atoms with E-state index >= 15 is 0 Å². The Balaban J connectivity index is 1.62. The van der Waals surface area contributed by atoms with Crippen LogP contribution in [0, 0.1) is 0 Å². The number of carbonyl (C=O) groups is 1. The summed E-state index contributed by atoms with van der Waals surface area (Å²) < 4.78 is 5.30. The Morgan fingerprint density at radius 2 is 1.78 bits per heavy atom. The van der Waals surface area contributed by atoms with Crippen LogP contribution in [0.2, 0.25) is 5.02 Å². The number of para-hydroxylation sites is 1.